The van der Waals surface area contributed by atoms with Crippen molar-refractivity contribution < 1.29 is 14.0 Å². The molecule has 1 aliphatic heterocycles. The molecule has 0 unspecified atom stereocenters. The number of nitrogens with zero attached hydrogens (tertiary/aromatic N) is 4. The van der Waals surface area contributed by atoms with Crippen molar-refractivity contribution in [3.05, 3.63) is 46.2 Å². The summed E-state index contributed by atoms with van der Waals surface area (Å²) < 4.78 is 15.1. The molecule has 1 spiro atoms. The van der Waals surface area contributed by atoms with E-state index in [0.717, 1.165) is 9.86 Å². The molecule has 0 radical (unpaired) electrons. The summed E-state index contributed by atoms with van der Waals surface area (Å²) in [6.07, 6.45) is 2.44. The number of aromatic amines is 1. The first-order valence-electron chi connectivity index (χ1n) is 8.66. The van der Waals surface area contributed by atoms with E-state index in [4.69, 9.17) is 0 Å². The number of nitrogens with one attached hydrogen (secondary N) is 2. The number of hydrogen-bond acceptors (Lipinski definition) is 5. The van der Waals surface area contributed by atoms with E-state index in [9.17, 15) is 14.0 Å². The highest BCUT2D eigenvalue weighted by molar-refractivity contribution is 9.10. The van der Waals surface area contributed by atoms with Crippen LogP contribution in [-0.2, 0) is 10.2 Å². The van der Waals surface area contributed by atoms with Crippen LogP contribution in [-0.4, -0.2) is 56.1 Å². The van der Waals surface area contributed by atoms with E-state index in [0.29, 0.717) is 23.2 Å². The Hall–Kier alpha value is -2.88. The fourth-order valence-corrected chi connectivity index (χ4v) is 4.11. The van der Waals surface area contributed by atoms with Crippen molar-refractivity contribution in [2.24, 2.45) is 0 Å². The lowest BCUT2D eigenvalue weighted by Crippen LogP contribution is -2.47. The van der Waals surface area contributed by atoms with E-state index in [1.54, 1.807) is 24.4 Å². The number of benzene rings is 1. The molecule has 5 rings (SSSR count). The van der Waals surface area contributed by atoms with Crippen molar-refractivity contribution in [1.82, 2.24) is 25.1 Å². The molecule has 28 heavy (non-hydrogen) atoms. The van der Waals surface area contributed by atoms with Crippen molar-refractivity contribution in [3.63, 3.8) is 0 Å². The van der Waals surface area contributed by atoms with Crippen LogP contribution >= 0.6 is 15.9 Å². The molecule has 142 valence electrons. The van der Waals surface area contributed by atoms with Gasteiger partial charge in [0.2, 0.25) is 11.9 Å². The van der Waals surface area contributed by atoms with Crippen molar-refractivity contribution in [2.75, 3.05) is 18.4 Å². The molecule has 2 N–H and O–H groups in total. The van der Waals surface area contributed by atoms with E-state index in [1.165, 1.54) is 11.1 Å². The molecule has 0 bridgehead atoms. The molecule has 3 heterocycles. The number of carbonyl (C=O) groups excluding carboxylic acids is 2. The molecule has 1 fully saturated rings. The highest BCUT2D eigenvalue weighted by atomic mass is 79.9. The summed E-state index contributed by atoms with van der Waals surface area (Å²) in [5, 5.41) is 9.85. The lowest BCUT2D eigenvalue weighted by Gasteiger charge is -2.34. The van der Waals surface area contributed by atoms with E-state index in [1.807, 2.05) is 0 Å². The van der Waals surface area contributed by atoms with Crippen molar-refractivity contribution in [3.8, 4) is 0 Å². The minimum absolute atomic E-state index is 0.111. The maximum atomic E-state index is 14.3. The van der Waals surface area contributed by atoms with Crippen molar-refractivity contribution >= 4 is 44.7 Å². The Morgan fingerprint density at radius 2 is 2.25 bits per heavy atom. The Labute approximate surface area is 166 Å². The fourth-order valence-electron chi connectivity index (χ4n) is 3.75. The van der Waals surface area contributed by atoms with Gasteiger partial charge in [-0.1, -0.05) is 15.9 Å². The van der Waals surface area contributed by atoms with Gasteiger partial charge < -0.3 is 4.90 Å². The van der Waals surface area contributed by atoms with Crippen LogP contribution in [0.15, 0.2) is 35.1 Å². The number of aromatic nitrogens is 4. The lowest BCUT2D eigenvalue weighted by atomic mass is 9.86. The van der Waals surface area contributed by atoms with Gasteiger partial charge in [0.05, 0.1) is 11.6 Å². The predicted molar refractivity (Wildman–Crippen MR) is 102 cm³/mol. The van der Waals surface area contributed by atoms with E-state index in [-0.39, 0.29) is 24.9 Å². The normalized spacial score (nSPS) is 23.1. The summed E-state index contributed by atoms with van der Waals surface area (Å²) in [5.41, 5.74) is 0.927. The van der Waals surface area contributed by atoms with Crippen molar-refractivity contribution in [1.29, 1.82) is 0 Å². The zero-order chi connectivity index (χ0) is 19.5. The summed E-state index contributed by atoms with van der Waals surface area (Å²) in [5.74, 6) is -0.619. The van der Waals surface area contributed by atoms with Crippen molar-refractivity contribution in [2.45, 2.75) is 18.0 Å². The summed E-state index contributed by atoms with van der Waals surface area (Å²) in [6.45, 7) is -0.0303. The smallest absolute Gasteiger partial charge is 0.254 e. The van der Waals surface area contributed by atoms with Gasteiger partial charge in [-0.3, -0.25) is 20.0 Å². The number of hydrogen-bond donors (Lipinski definition) is 2. The molecular formula is C18H14BrFN6O2. The topological polar surface area (TPSA) is 104 Å². The third-order valence-corrected chi connectivity index (χ3v) is 5.76. The van der Waals surface area contributed by atoms with Gasteiger partial charge in [-0.25, -0.2) is 9.37 Å². The highest BCUT2D eigenvalue weighted by Crippen LogP contribution is 2.54. The summed E-state index contributed by atoms with van der Waals surface area (Å²) in [4.78, 5) is 34.9. The van der Waals surface area contributed by atoms with Crippen LogP contribution in [0, 0.1) is 0 Å². The van der Waals surface area contributed by atoms with Gasteiger partial charge in [0.1, 0.15) is 12.7 Å². The van der Waals surface area contributed by atoms with Gasteiger partial charge in [-0.2, -0.15) is 10.1 Å². The zero-order valence-electron chi connectivity index (χ0n) is 14.4. The zero-order valence-corrected chi connectivity index (χ0v) is 16.0. The average Bonchev–Trinajstić information content (AvgIpc) is 3.08. The molecule has 1 aromatic carbocycles. The maximum Gasteiger partial charge on any atom is 0.254 e. The first kappa shape index (κ1) is 17.2. The number of carbonyl (C=O) groups is 2. The quantitative estimate of drug-likeness (QED) is 0.644. The Bertz CT molecular complexity index is 1130. The van der Waals surface area contributed by atoms with Gasteiger partial charge >= 0.3 is 0 Å². The summed E-state index contributed by atoms with van der Waals surface area (Å²) in [6, 6.07) is 5.22. The van der Waals surface area contributed by atoms with Crippen LogP contribution in [0.25, 0.3) is 11.0 Å². The third kappa shape index (κ3) is 2.67. The van der Waals surface area contributed by atoms with Gasteiger partial charge in [0.25, 0.3) is 5.91 Å². The molecule has 2 atom stereocenters. The van der Waals surface area contributed by atoms with Crippen LogP contribution < -0.4 is 5.32 Å². The van der Waals surface area contributed by atoms with E-state index >= 15 is 0 Å². The van der Waals surface area contributed by atoms with Crippen LogP contribution in [0.1, 0.15) is 22.3 Å². The first-order chi connectivity index (χ1) is 13.5. The molecule has 8 nitrogen and oxygen atoms in total. The third-order valence-electron chi connectivity index (χ3n) is 5.27. The van der Waals surface area contributed by atoms with Crippen LogP contribution in [0.2, 0.25) is 0 Å². The lowest BCUT2D eigenvalue weighted by molar-refractivity contribution is -0.117. The second-order valence-corrected chi connectivity index (χ2v) is 8.01. The minimum atomic E-state index is -1.02. The van der Waals surface area contributed by atoms with Crippen LogP contribution in [0.3, 0.4) is 0 Å². The number of H-pyrrole nitrogens is 1. The number of anilines is 1. The molecule has 2 aliphatic rings. The Kier molecular flexibility index (Phi) is 3.73. The largest absolute Gasteiger partial charge is 0.328 e. The first-order valence-corrected chi connectivity index (χ1v) is 9.45. The fraction of sp³-hybridized carbons (Fsp3) is 0.278. The number of fused-ring (bicyclic) bond motifs is 3. The van der Waals surface area contributed by atoms with Crippen LogP contribution in [0.4, 0.5) is 10.3 Å². The molecule has 0 saturated heterocycles. The Balaban J connectivity index is 1.37. The summed E-state index contributed by atoms with van der Waals surface area (Å²) in [7, 11) is 0. The SMILES string of the molecule is O=C(CN1C[C@]2(C[C@H]2F)c2cc(Br)ccc2C1=O)Nc1ncc2cn[nH]c2n1. The number of amides is 2. The Morgan fingerprint density at radius 1 is 1.43 bits per heavy atom. The molecule has 1 aliphatic carbocycles. The molecule has 2 aromatic heterocycles. The predicted octanol–water partition coefficient (Wildman–Crippen LogP) is 2.19. The second kappa shape index (κ2) is 6.06. The number of alkyl halides is 1. The molecule has 2 amide bonds. The van der Waals surface area contributed by atoms with E-state index < -0.39 is 17.5 Å². The van der Waals surface area contributed by atoms with Gasteiger partial charge in [0, 0.05) is 28.2 Å². The number of rotatable bonds is 3. The molecule has 1 saturated carbocycles. The average molecular weight is 445 g/mol. The monoisotopic (exact) mass is 444 g/mol. The standard InChI is InChI=1S/C18H14BrFN6O2/c19-10-1-2-11-12(3-10)18(4-13(18)20)8-26(16(11)28)7-14(27)23-17-21-5-9-6-22-25-15(9)24-17/h1-3,5-6,13H,4,7-8H2,(H2,21,22,23,24,25,27)/t13-,18-/m1/s1. The second-order valence-electron chi connectivity index (χ2n) is 7.09. The molecular weight excluding hydrogens is 431 g/mol. The molecule has 10 heteroatoms. The van der Waals surface area contributed by atoms with Gasteiger partial charge in [-0.15, -0.1) is 0 Å². The minimum Gasteiger partial charge on any atom is -0.328 e. The molecule has 3 aromatic rings. The highest BCUT2D eigenvalue weighted by Gasteiger charge is 2.61. The maximum absolute atomic E-state index is 14.3. The van der Waals surface area contributed by atoms with Gasteiger partial charge in [0.15, 0.2) is 5.65 Å². The number of halogens is 2. The Morgan fingerprint density at radius 3 is 3.04 bits per heavy atom. The van der Waals surface area contributed by atoms with Crippen LogP contribution in [0.5, 0.6) is 0 Å². The summed E-state index contributed by atoms with van der Waals surface area (Å²) >= 11 is 3.38. The van der Waals surface area contributed by atoms with E-state index in [2.05, 4.69) is 41.4 Å². The van der Waals surface area contributed by atoms with Gasteiger partial charge in [-0.05, 0) is 30.2 Å².